The Morgan fingerprint density at radius 2 is 1.56 bits per heavy atom. The molecule has 0 saturated carbocycles. The van der Waals surface area contributed by atoms with E-state index in [1.165, 1.54) is 6.08 Å². The number of nitrogens with one attached hydrogen (secondary N) is 1. The third-order valence-electron chi connectivity index (χ3n) is 4.95. The minimum Gasteiger partial charge on any atom is -0.422 e. The van der Waals surface area contributed by atoms with E-state index >= 15 is 0 Å². The van der Waals surface area contributed by atoms with Gasteiger partial charge in [-0.2, -0.15) is 0 Å². The third-order valence-corrected chi connectivity index (χ3v) is 5.97. The summed E-state index contributed by atoms with van der Waals surface area (Å²) in [5.74, 6) is -2.10. The highest BCUT2D eigenvalue weighted by Crippen LogP contribution is 2.29. The Hall–Kier alpha value is -3.56. The highest BCUT2D eigenvalue weighted by atomic mass is 79.9. The van der Waals surface area contributed by atoms with Crippen LogP contribution in [0.4, 0.5) is 10.5 Å². The molecule has 0 aliphatic carbocycles. The average molecular weight is 584 g/mol. The van der Waals surface area contributed by atoms with Crippen molar-refractivity contribution in [2.75, 3.05) is 4.90 Å². The highest BCUT2D eigenvalue weighted by Gasteiger charge is 2.37. The highest BCUT2D eigenvalue weighted by molar-refractivity contribution is 9.10. The van der Waals surface area contributed by atoms with Crippen molar-refractivity contribution in [2.24, 2.45) is 0 Å². The zero-order chi connectivity index (χ0) is 24.4. The van der Waals surface area contributed by atoms with E-state index in [2.05, 4.69) is 37.2 Å². The first-order valence-electron chi connectivity index (χ1n) is 9.98. The summed E-state index contributed by atoms with van der Waals surface area (Å²) in [5.41, 5.74) is 1.62. The van der Waals surface area contributed by atoms with Gasteiger partial charge < -0.3 is 4.74 Å². The summed E-state index contributed by atoms with van der Waals surface area (Å²) in [4.78, 5) is 51.6. The van der Waals surface area contributed by atoms with Crippen molar-refractivity contribution in [3.63, 3.8) is 0 Å². The molecule has 1 fully saturated rings. The number of benzene rings is 3. The van der Waals surface area contributed by atoms with Crippen LogP contribution in [0.3, 0.4) is 0 Å². The molecule has 1 aliphatic rings. The molecule has 9 heteroatoms. The molecule has 1 N–H and O–H groups in total. The fourth-order valence-corrected chi connectivity index (χ4v) is 3.85. The fraction of sp³-hybridized carbons (Fsp3) is 0.0400. The van der Waals surface area contributed by atoms with Crippen molar-refractivity contribution >= 4 is 67.4 Å². The predicted molar refractivity (Wildman–Crippen MR) is 133 cm³/mol. The van der Waals surface area contributed by atoms with Crippen molar-refractivity contribution in [1.82, 2.24) is 5.32 Å². The monoisotopic (exact) mass is 582 g/mol. The number of urea groups is 1. The number of rotatable bonds is 4. The Kier molecular flexibility index (Phi) is 6.76. The van der Waals surface area contributed by atoms with Crippen LogP contribution >= 0.6 is 31.9 Å². The number of carbonyl (C=O) groups excluding carboxylic acids is 4. The van der Waals surface area contributed by atoms with Crippen molar-refractivity contribution in [3.8, 4) is 5.75 Å². The van der Waals surface area contributed by atoms with Crippen molar-refractivity contribution in [2.45, 2.75) is 6.92 Å². The smallest absolute Gasteiger partial charge is 0.343 e. The van der Waals surface area contributed by atoms with Crippen LogP contribution in [0, 0.1) is 6.92 Å². The number of halogens is 2. The standard InChI is InChI=1S/C25H16Br2N2O5/c1-14-2-9-19(10-3-14)29-23(31)20(22(30)28-25(29)33)13-16-12-18(27)8-11-21(16)34-24(32)15-4-6-17(26)7-5-15/h2-13H,1H3,(H,28,30,33)/b20-13-. The van der Waals surface area contributed by atoms with Crippen LogP contribution < -0.4 is 15.0 Å². The van der Waals surface area contributed by atoms with Crippen molar-refractivity contribution in [3.05, 3.63) is 97.9 Å². The summed E-state index contributed by atoms with van der Waals surface area (Å²) in [6, 6.07) is 17.3. The maximum Gasteiger partial charge on any atom is 0.343 e. The molecular formula is C25H16Br2N2O5. The lowest BCUT2D eigenvalue weighted by Crippen LogP contribution is -2.54. The van der Waals surface area contributed by atoms with E-state index in [0.29, 0.717) is 21.3 Å². The molecule has 4 amide bonds. The maximum atomic E-state index is 13.2. The molecule has 4 rings (SSSR count). The zero-order valence-electron chi connectivity index (χ0n) is 17.7. The Bertz CT molecular complexity index is 1350. The van der Waals surface area contributed by atoms with E-state index in [4.69, 9.17) is 4.74 Å². The quantitative estimate of drug-likeness (QED) is 0.192. The molecule has 170 valence electrons. The Morgan fingerprint density at radius 3 is 2.24 bits per heavy atom. The molecule has 1 heterocycles. The lowest BCUT2D eigenvalue weighted by Gasteiger charge is -2.26. The zero-order valence-corrected chi connectivity index (χ0v) is 20.8. The van der Waals surface area contributed by atoms with Gasteiger partial charge in [-0.05, 0) is 67.6 Å². The number of nitrogens with zero attached hydrogens (tertiary/aromatic N) is 1. The normalized spacial score (nSPS) is 14.9. The minimum absolute atomic E-state index is 0.142. The second kappa shape index (κ2) is 9.74. The van der Waals surface area contributed by atoms with Crippen LogP contribution in [0.5, 0.6) is 5.75 Å². The number of carbonyl (C=O) groups is 4. The molecule has 7 nitrogen and oxygen atoms in total. The summed E-state index contributed by atoms with van der Waals surface area (Å²) in [6.45, 7) is 1.88. The maximum absolute atomic E-state index is 13.2. The van der Waals surface area contributed by atoms with Crippen LogP contribution in [0.15, 0.2) is 81.2 Å². The van der Waals surface area contributed by atoms with Crippen LogP contribution in [0.1, 0.15) is 21.5 Å². The number of esters is 1. The molecule has 3 aromatic rings. The SMILES string of the molecule is Cc1ccc(N2C(=O)NC(=O)/C(=C/c3cc(Br)ccc3OC(=O)c3ccc(Br)cc3)C2=O)cc1. The number of hydrogen-bond acceptors (Lipinski definition) is 5. The van der Waals surface area contributed by atoms with Gasteiger partial charge in [0.2, 0.25) is 0 Å². The number of barbiturate groups is 1. The topological polar surface area (TPSA) is 92.8 Å². The van der Waals surface area contributed by atoms with E-state index in [1.54, 1.807) is 66.7 Å². The van der Waals surface area contributed by atoms with Crippen molar-refractivity contribution < 1.29 is 23.9 Å². The predicted octanol–water partition coefficient (Wildman–Crippen LogP) is 5.41. The number of imide groups is 2. The van der Waals surface area contributed by atoms with Crippen LogP contribution in [0.25, 0.3) is 6.08 Å². The number of aryl methyl sites for hydroxylation is 1. The Morgan fingerprint density at radius 1 is 0.912 bits per heavy atom. The molecule has 0 atom stereocenters. The summed E-state index contributed by atoms with van der Waals surface area (Å²) in [5, 5.41) is 2.18. The molecule has 1 saturated heterocycles. The number of anilines is 1. The largest absolute Gasteiger partial charge is 0.422 e. The van der Waals surface area contributed by atoms with Crippen LogP contribution in [0.2, 0.25) is 0 Å². The van der Waals surface area contributed by atoms with Gasteiger partial charge in [-0.25, -0.2) is 14.5 Å². The first-order valence-corrected chi connectivity index (χ1v) is 11.6. The van der Waals surface area contributed by atoms with Crippen molar-refractivity contribution in [1.29, 1.82) is 0 Å². The summed E-state index contributed by atoms with van der Waals surface area (Å²) >= 11 is 6.66. The minimum atomic E-state index is -0.844. The van der Waals surface area contributed by atoms with E-state index in [0.717, 1.165) is 14.9 Å². The van der Waals surface area contributed by atoms with E-state index in [1.807, 2.05) is 6.92 Å². The molecular weight excluding hydrogens is 568 g/mol. The van der Waals surface area contributed by atoms with Crippen LogP contribution in [-0.2, 0) is 9.59 Å². The number of amides is 4. The molecule has 0 bridgehead atoms. The summed E-state index contributed by atoms with van der Waals surface area (Å²) in [6.07, 6.45) is 1.29. The molecule has 0 unspecified atom stereocenters. The second-order valence-electron chi connectivity index (χ2n) is 7.37. The van der Waals surface area contributed by atoms with Gasteiger partial charge >= 0.3 is 12.0 Å². The van der Waals surface area contributed by atoms with Gasteiger partial charge in [0.05, 0.1) is 11.3 Å². The van der Waals surface area contributed by atoms with Gasteiger partial charge in [-0.3, -0.25) is 14.9 Å². The molecule has 34 heavy (non-hydrogen) atoms. The first kappa shape index (κ1) is 23.6. The molecule has 3 aromatic carbocycles. The Labute approximate surface area is 211 Å². The second-order valence-corrected chi connectivity index (χ2v) is 9.20. The Balaban J connectivity index is 1.70. The number of hydrogen-bond donors (Lipinski definition) is 1. The van der Waals surface area contributed by atoms with Gasteiger partial charge in [0, 0.05) is 14.5 Å². The van der Waals surface area contributed by atoms with Gasteiger partial charge in [0.15, 0.2) is 0 Å². The van der Waals surface area contributed by atoms with Crippen LogP contribution in [-0.4, -0.2) is 23.8 Å². The average Bonchev–Trinajstić information content (AvgIpc) is 2.80. The molecule has 0 spiro atoms. The lowest BCUT2D eigenvalue weighted by atomic mass is 10.1. The molecule has 0 radical (unpaired) electrons. The summed E-state index contributed by atoms with van der Waals surface area (Å²) < 4.78 is 6.99. The van der Waals surface area contributed by atoms with Gasteiger partial charge in [0.1, 0.15) is 11.3 Å². The van der Waals surface area contributed by atoms with Gasteiger partial charge in [0.25, 0.3) is 11.8 Å². The lowest BCUT2D eigenvalue weighted by molar-refractivity contribution is -0.122. The van der Waals surface area contributed by atoms with Gasteiger partial charge in [-0.1, -0.05) is 49.6 Å². The molecule has 1 aliphatic heterocycles. The third kappa shape index (κ3) is 5.00. The first-order chi connectivity index (χ1) is 16.2. The van der Waals surface area contributed by atoms with E-state index in [-0.39, 0.29) is 11.3 Å². The van der Waals surface area contributed by atoms with Gasteiger partial charge in [-0.15, -0.1) is 0 Å². The number of ether oxygens (including phenoxy) is 1. The molecule has 0 aromatic heterocycles. The fourth-order valence-electron chi connectivity index (χ4n) is 3.21. The summed E-state index contributed by atoms with van der Waals surface area (Å²) in [7, 11) is 0. The van der Waals surface area contributed by atoms with E-state index in [9.17, 15) is 19.2 Å². The van der Waals surface area contributed by atoms with E-state index < -0.39 is 23.8 Å².